The molecule has 0 bridgehead atoms. The van der Waals surface area contributed by atoms with Gasteiger partial charge in [0.05, 0.1) is 6.04 Å². The lowest BCUT2D eigenvalue weighted by Crippen LogP contribution is -2.42. The molecule has 3 nitrogen and oxygen atoms in total. The largest absolute Gasteiger partial charge is 0.268 e. The molecule has 3 rings (SSSR count). The number of amides is 1. The fraction of sp³-hybridized carbons (Fsp3) is 0.357. The van der Waals surface area contributed by atoms with Crippen LogP contribution in [0.25, 0.3) is 0 Å². The number of benzene rings is 1. The first-order valence-electron chi connectivity index (χ1n) is 6.03. The van der Waals surface area contributed by atoms with Crippen LogP contribution in [0.3, 0.4) is 0 Å². The minimum atomic E-state index is 0.104. The van der Waals surface area contributed by atoms with Gasteiger partial charge in [-0.05, 0) is 18.6 Å². The van der Waals surface area contributed by atoms with E-state index < -0.39 is 0 Å². The van der Waals surface area contributed by atoms with Crippen molar-refractivity contribution in [2.45, 2.75) is 12.5 Å². The summed E-state index contributed by atoms with van der Waals surface area (Å²) in [5.74, 6) is 0.680. The van der Waals surface area contributed by atoms with Crippen LogP contribution < -0.4 is 0 Å². The van der Waals surface area contributed by atoms with E-state index in [1.165, 1.54) is 0 Å². The molecule has 1 heterocycles. The molecule has 0 aromatic heterocycles. The molecule has 3 heteroatoms. The first-order valence-corrected chi connectivity index (χ1v) is 6.03. The number of carbonyl (C=O) groups is 1. The summed E-state index contributed by atoms with van der Waals surface area (Å²) in [6, 6.07) is 9.76. The molecular weight excluding hydrogens is 212 g/mol. The van der Waals surface area contributed by atoms with Gasteiger partial charge in [-0.2, -0.15) is 0 Å². The van der Waals surface area contributed by atoms with Crippen LogP contribution in [0.2, 0.25) is 0 Å². The zero-order valence-corrected chi connectivity index (χ0v) is 9.91. The standard InChI is InChI=1S/C14H16N2O/c1-15-10-12-8-5-9-13(12)16(15)14(17)11-6-3-2-4-7-11/h2-7,9,12-13H,8,10H2,1H3. The molecule has 1 fully saturated rings. The summed E-state index contributed by atoms with van der Waals surface area (Å²) in [4.78, 5) is 12.5. The Morgan fingerprint density at radius 3 is 2.82 bits per heavy atom. The summed E-state index contributed by atoms with van der Waals surface area (Å²) in [7, 11) is 1.99. The van der Waals surface area contributed by atoms with E-state index in [9.17, 15) is 4.79 Å². The minimum absolute atomic E-state index is 0.104. The number of rotatable bonds is 1. The average molecular weight is 228 g/mol. The van der Waals surface area contributed by atoms with Gasteiger partial charge in [0.25, 0.3) is 5.91 Å². The summed E-state index contributed by atoms with van der Waals surface area (Å²) in [6.45, 7) is 0.968. The third-order valence-electron chi connectivity index (χ3n) is 3.63. The van der Waals surface area contributed by atoms with Gasteiger partial charge in [0.15, 0.2) is 0 Å². The van der Waals surface area contributed by atoms with Gasteiger partial charge in [-0.1, -0.05) is 30.4 Å². The molecule has 2 aliphatic rings. The Kier molecular flexibility index (Phi) is 2.48. The number of hydrogen-bond donors (Lipinski definition) is 0. The zero-order chi connectivity index (χ0) is 11.8. The third-order valence-corrected chi connectivity index (χ3v) is 3.63. The second-order valence-electron chi connectivity index (χ2n) is 4.77. The van der Waals surface area contributed by atoms with Gasteiger partial charge in [-0.15, -0.1) is 0 Å². The highest BCUT2D eigenvalue weighted by Gasteiger charge is 2.41. The van der Waals surface area contributed by atoms with E-state index in [1.807, 2.05) is 47.4 Å². The van der Waals surface area contributed by atoms with Gasteiger partial charge in [-0.3, -0.25) is 9.80 Å². The van der Waals surface area contributed by atoms with E-state index >= 15 is 0 Å². The van der Waals surface area contributed by atoms with Crippen molar-refractivity contribution in [3.63, 3.8) is 0 Å². The van der Waals surface area contributed by atoms with Crippen molar-refractivity contribution in [1.82, 2.24) is 10.0 Å². The van der Waals surface area contributed by atoms with E-state index in [0.29, 0.717) is 5.92 Å². The normalized spacial score (nSPS) is 27.5. The fourth-order valence-electron chi connectivity index (χ4n) is 2.81. The van der Waals surface area contributed by atoms with Crippen LogP contribution >= 0.6 is 0 Å². The second kappa shape index (κ2) is 4.00. The van der Waals surface area contributed by atoms with Crippen molar-refractivity contribution < 1.29 is 4.79 Å². The number of allylic oxidation sites excluding steroid dienone is 1. The monoisotopic (exact) mass is 228 g/mol. The van der Waals surface area contributed by atoms with Crippen molar-refractivity contribution in [1.29, 1.82) is 0 Å². The lowest BCUT2D eigenvalue weighted by molar-refractivity contribution is 0.0249. The third kappa shape index (κ3) is 1.67. The molecule has 1 amide bonds. The van der Waals surface area contributed by atoms with E-state index in [1.54, 1.807) is 0 Å². The van der Waals surface area contributed by atoms with Gasteiger partial charge in [-0.25, -0.2) is 5.01 Å². The highest BCUT2D eigenvalue weighted by molar-refractivity contribution is 5.94. The molecule has 1 aliphatic carbocycles. The maximum atomic E-state index is 12.5. The average Bonchev–Trinajstić information content (AvgIpc) is 2.89. The van der Waals surface area contributed by atoms with Gasteiger partial charge in [0.2, 0.25) is 0 Å². The molecule has 17 heavy (non-hydrogen) atoms. The van der Waals surface area contributed by atoms with Crippen molar-refractivity contribution >= 4 is 5.91 Å². The topological polar surface area (TPSA) is 23.6 Å². The SMILES string of the molecule is CN1CC2CC=CC2N1C(=O)c1ccccc1. The van der Waals surface area contributed by atoms with E-state index in [2.05, 4.69) is 12.2 Å². The Balaban J connectivity index is 1.89. The van der Waals surface area contributed by atoms with Gasteiger partial charge in [0.1, 0.15) is 0 Å². The molecule has 2 atom stereocenters. The molecule has 1 aliphatic heterocycles. The van der Waals surface area contributed by atoms with E-state index in [4.69, 9.17) is 0 Å². The molecular formula is C14H16N2O. The van der Waals surface area contributed by atoms with Crippen molar-refractivity contribution in [3.8, 4) is 0 Å². The summed E-state index contributed by atoms with van der Waals surface area (Å²) >= 11 is 0. The summed E-state index contributed by atoms with van der Waals surface area (Å²) in [6.07, 6.45) is 5.44. The molecule has 0 radical (unpaired) electrons. The van der Waals surface area contributed by atoms with Crippen LogP contribution in [0.1, 0.15) is 16.8 Å². The smallest absolute Gasteiger partial charge is 0.268 e. The Bertz CT molecular complexity index is 455. The molecule has 88 valence electrons. The molecule has 0 N–H and O–H groups in total. The summed E-state index contributed by atoms with van der Waals surface area (Å²) in [5, 5.41) is 3.94. The predicted octanol–water partition coefficient (Wildman–Crippen LogP) is 1.93. The fourth-order valence-corrected chi connectivity index (χ4v) is 2.81. The molecule has 0 spiro atoms. The lowest BCUT2D eigenvalue weighted by atomic mass is 10.0. The van der Waals surface area contributed by atoms with Crippen LogP contribution in [0, 0.1) is 5.92 Å². The maximum Gasteiger partial charge on any atom is 0.268 e. The number of fused-ring (bicyclic) bond motifs is 1. The van der Waals surface area contributed by atoms with Gasteiger partial charge >= 0.3 is 0 Å². The number of hydrogen-bond acceptors (Lipinski definition) is 2. The van der Waals surface area contributed by atoms with Crippen molar-refractivity contribution in [3.05, 3.63) is 48.0 Å². The summed E-state index contributed by atoms with van der Waals surface area (Å²) in [5.41, 5.74) is 0.764. The Morgan fingerprint density at radius 2 is 2.06 bits per heavy atom. The van der Waals surface area contributed by atoms with Crippen LogP contribution in [0.4, 0.5) is 0 Å². The van der Waals surface area contributed by atoms with Gasteiger partial charge < -0.3 is 0 Å². The highest BCUT2D eigenvalue weighted by Crippen LogP contribution is 2.32. The molecule has 0 saturated carbocycles. The molecule has 1 aromatic carbocycles. The van der Waals surface area contributed by atoms with Gasteiger partial charge in [0, 0.05) is 25.1 Å². The van der Waals surface area contributed by atoms with Crippen molar-refractivity contribution in [2.24, 2.45) is 5.92 Å². The van der Waals surface area contributed by atoms with Crippen LogP contribution in [-0.4, -0.2) is 35.6 Å². The second-order valence-corrected chi connectivity index (χ2v) is 4.77. The van der Waals surface area contributed by atoms with Crippen LogP contribution in [-0.2, 0) is 0 Å². The zero-order valence-electron chi connectivity index (χ0n) is 9.91. The maximum absolute atomic E-state index is 12.5. The Hall–Kier alpha value is -1.61. The first-order chi connectivity index (χ1) is 8.27. The minimum Gasteiger partial charge on any atom is -0.268 e. The molecule has 1 saturated heterocycles. The quantitative estimate of drug-likeness (QED) is 0.686. The molecule has 1 aromatic rings. The van der Waals surface area contributed by atoms with Crippen LogP contribution in [0.5, 0.6) is 0 Å². The number of carbonyl (C=O) groups excluding carboxylic acids is 1. The summed E-state index contributed by atoms with van der Waals surface area (Å²) < 4.78 is 0. The Labute approximate surface area is 101 Å². The number of hydrazine groups is 1. The first kappa shape index (κ1) is 10.5. The predicted molar refractivity (Wildman–Crippen MR) is 66.3 cm³/mol. The lowest BCUT2D eigenvalue weighted by Gasteiger charge is -2.28. The van der Waals surface area contributed by atoms with Crippen molar-refractivity contribution in [2.75, 3.05) is 13.6 Å². The van der Waals surface area contributed by atoms with E-state index in [0.717, 1.165) is 18.5 Å². The highest BCUT2D eigenvalue weighted by atomic mass is 16.2. The number of nitrogens with zero attached hydrogens (tertiary/aromatic N) is 2. The van der Waals surface area contributed by atoms with Crippen LogP contribution in [0.15, 0.2) is 42.5 Å². The van der Waals surface area contributed by atoms with E-state index in [-0.39, 0.29) is 11.9 Å². The Morgan fingerprint density at radius 1 is 1.29 bits per heavy atom. The molecule has 2 unspecified atom stereocenters.